The molecule has 1 rings (SSSR count). The van der Waals surface area contributed by atoms with Gasteiger partial charge in [-0.15, -0.1) is 0 Å². The zero-order chi connectivity index (χ0) is 14.5. The molecule has 0 bridgehead atoms. The summed E-state index contributed by atoms with van der Waals surface area (Å²) in [5, 5.41) is 8.78. The minimum absolute atomic E-state index is 0.00470. The van der Waals surface area contributed by atoms with Gasteiger partial charge in [0.2, 0.25) is 0 Å². The molecule has 1 aromatic heterocycles. The Labute approximate surface area is 115 Å². The first-order chi connectivity index (χ1) is 8.91. The van der Waals surface area contributed by atoms with Gasteiger partial charge in [-0.25, -0.2) is 0 Å². The van der Waals surface area contributed by atoms with Crippen LogP contribution < -0.4 is 5.56 Å². The molecule has 0 aromatic carbocycles. The Morgan fingerprint density at radius 2 is 1.95 bits per heavy atom. The summed E-state index contributed by atoms with van der Waals surface area (Å²) in [5.74, 6) is 0. The van der Waals surface area contributed by atoms with Crippen LogP contribution in [0.25, 0.3) is 0 Å². The quantitative estimate of drug-likeness (QED) is 0.762. The second kappa shape index (κ2) is 6.56. The maximum Gasteiger partial charge on any atom is 0.255 e. The highest BCUT2D eigenvalue weighted by atomic mass is 16.1. The molecule has 0 aliphatic heterocycles. The van der Waals surface area contributed by atoms with E-state index in [-0.39, 0.29) is 17.4 Å². The van der Waals surface area contributed by atoms with E-state index in [1.165, 1.54) is 0 Å². The fourth-order valence-electron chi connectivity index (χ4n) is 2.24. The van der Waals surface area contributed by atoms with E-state index >= 15 is 0 Å². The highest BCUT2D eigenvalue weighted by molar-refractivity contribution is 5.23. The third-order valence-corrected chi connectivity index (χ3v) is 3.28. The number of rotatable bonds is 5. The third kappa shape index (κ3) is 3.96. The molecular formula is C16H24N2O. The van der Waals surface area contributed by atoms with E-state index in [0.717, 1.165) is 31.5 Å². The van der Waals surface area contributed by atoms with Crippen molar-refractivity contribution in [2.45, 2.75) is 65.3 Å². The fraction of sp³-hybridized carbons (Fsp3) is 0.625. The second-order valence-electron chi connectivity index (χ2n) is 5.99. The number of nitrogens with zero attached hydrogens (tertiary/aromatic N) is 2. The molecule has 0 amide bonds. The number of unbranched alkanes of at least 4 members (excludes halogenated alkanes) is 2. The Bertz CT molecular complexity index is 515. The van der Waals surface area contributed by atoms with Crippen LogP contribution >= 0.6 is 0 Å². The van der Waals surface area contributed by atoms with E-state index in [9.17, 15) is 4.79 Å². The second-order valence-corrected chi connectivity index (χ2v) is 5.99. The van der Waals surface area contributed by atoms with Crippen LogP contribution in [-0.2, 0) is 18.4 Å². The lowest BCUT2D eigenvalue weighted by atomic mass is 9.90. The van der Waals surface area contributed by atoms with Gasteiger partial charge in [0.15, 0.2) is 0 Å². The first-order valence-corrected chi connectivity index (χ1v) is 7.02. The van der Waals surface area contributed by atoms with Gasteiger partial charge in [-0.2, -0.15) is 5.26 Å². The van der Waals surface area contributed by atoms with Gasteiger partial charge in [0.25, 0.3) is 5.56 Å². The third-order valence-electron chi connectivity index (χ3n) is 3.28. The lowest BCUT2D eigenvalue weighted by Crippen LogP contribution is -2.31. The number of hydrogen-bond acceptors (Lipinski definition) is 2. The minimum Gasteiger partial charge on any atom is -0.312 e. The molecule has 1 aromatic rings. The van der Waals surface area contributed by atoms with Crippen molar-refractivity contribution in [2.24, 2.45) is 0 Å². The maximum atomic E-state index is 12.4. The van der Waals surface area contributed by atoms with Gasteiger partial charge in [0, 0.05) is 23.2 Å². The predicted octanol–water partition coefficient (Wildman–Crippen LogP) is 3.40. The van der Waals surface area contributed by atoms with Gasteiger partial charge in [0.05, 0.1) is 12.5 Å². The van der Waals surface area contributed by atoms with Gasteiger partial charge in [-0.3, -0.25) is 4.79 Å². The smallest absolute Gasteiger partial charge is 0.255 e. The first-order valence-electron chi connectivity index (χ1n) is 7.02. The van der Waals surface area contributed by atoms with Gasteiger partial charge in [0.1, 0.15) is 0 Å². The monoisotopic (exact) mass is 260 g/mol. The van der Waals surface area contributed by atoms with Gasteiger partial charge >= 0.3 is 0 Å². The summed E-state index contributed by atoms with van der Waals surface area (Å²) in [6.45, 7) is 9.24. The minimum atomic E-state index is -0.0590. The van der Waals surface area contributed by atoms with E-state index in [1.54, 1.807) is 0 Å². The number of pyridine rings is 1. The summed E-state index contributed by atoms with van der Waals surface area (Å²) in [6, 6.07) is 5.87. The van der Waals surface area contributed by atoms with Crippen molar-refractivity contribution in [3.8, 4) is 6.07 Å². The van der Waals surface area contributed by atoms with Crippen LogP contribution in [0.15, 0.2) is 16.9 Å². The van der Waals surface area contributed by atoms with Crippen molar-refractivity contribution < 1.29 is 0 Å². The van der Waals surface area contributed by atoms with E-state index in [2.05, 4.69) is 33.8 Å². The van der Waals surface area contributed by atoms with Crippen LogP contribution in [0.1, 0.15) is 58.2 Å². The molecule has 0 spiro atoms. The van der Waals surface area contributed by atoms with Crippen molar-refractivity contribution in [3.63, 3.8) is 0 Å². The summed E-state index contributed by atoms with van der Waals surface area (Å²) >= 11 is 0. The van der Waals surface area contributed by atoms with Crippen LogP contribution in [0.2, 0.25) is 0 Å². The number of aromatic nitrogens is 1. The molecule has 0 saturated carbocycles. The Balaban J connectivity index is 3.22. The van der Waals surface area contributed by atoms with E-state index < -0.39 is 0 Å². The molecule has 19 heavy (non-hydrogen) atoms. The summed E-state index contributed by atoms with van der Waals surface area (Å²) < 4.78 is 1.86. The first kappa shape index (κ1) is 15.5. The molecule has 3 nitrogen and oxygen atoms in total. The molecule has 0 saturated heterocycles. The van der Waals surface area contributed by atoms with E-state index in [4.69, 9.17) is 5.26 Å². The Hall–Kier alpha value is -1.56. The molecule has 0 aliphatic carbocycles. The summed E-state index contributed by atoms with van der Waals surface area (Å²) in [4.78, 5) is 12.4. The predicted molar refractivity (Wildman–Crippen MR) is 78.2 cm³/mol. The van der Waals surface area contributed by atoms with E-state index in [0.29, 0.717) is 5.56 Å². The van der Waals surface area contributed by atoms with Crippen molar-refractivity contribution >= 4 is 0 Å². The molecule has 3 heteroatoms. The van der Waals surface area contributed by atoms with Crippen LogP contribution in [0.5, 0.6) is 0 Å². The van der Waals surface area contributed by atoms with E-state index in [1.807, 2.05) is 16.7 Å². The lowest BCUT2D eigenvalue weighted by molar-refractivity contribution is 0.482. The van der Waals surface area contributed by atoms with Gasteiger partial charge in [-0.1, -0.05) is 46.6 Å². The molecule has 0 fully saturated rings. The fourth-order valence-corrected chi connectivity index (χ4v) is 2.24. The highest BCUT2D eigenvalue weighted by Gasteiger charge is 2.19. The molecular weight excluding hydrogens is 236 g/mol. The molecule has 0 radical (unpaired) electrons. The normalized spacial score (nSPS) is 11.3. The largest absolute Gasteiger partial charge is 0.312 e. The topological polar surface area (TPSA) is 45.8 Å². The molecule has 1 heterocycles. The zero-order valence-corrected chi connectivity index (χ0v) is 12.5. The molecule has 104 valence electrons. The standard InChI is InChI=1S/C16H24N2O/c1-5-6-7-12-18-14(16(2,3)4)9-8-13(10-11-17)15(18)19/h8-9H,5-7,10,12H2,1-4H3. The number of nitriles is 1. The summed E-state index contributed by atoms with van der Waals surface area (Å²) in [7, 11) is 0. The Kier molecular flexibility index (Phi) is 5.35. The van der Waals surface area contributed by atoms with Crippen molar-refractivity contribution in [3.05, 3.63) is 33.7 Å². The lowest BCUT2D eigenvalue weighted by Gasteiger charge is -2.24. The summed E-state index contributed by atoms with van der Waals surface area (Å²) in [5.41, 5.74) is 1.60. The van der Waals surface area contributed by atoms with Crippen LogP contribution in [0.4, 0.5) is 0 Å². The molecule has 0 N–H and O–H groups in total. The Morgan fingerprint density at radius 1 is 1.26 bits per heavy atom. The van der Waals surface area contributed by atoms with Crippen molar-refractivity contribution in [1.82, 2.24) is 4.57 Å². The Morgan fingerprint density at radius 3 is 2.47 bits per heavy atom. The molecule has 0 aliphatic rings. The average molecular weight is 260 g/mol. The summed E-state index contributed by atoms with van der Waals surface area (Å²) in [6.07, 6.45) is 3.46. The zero-order valence-electron chi connectivity index (χ0n) is 12.5. The van der Waals surface area contributed by atoms with Gasteiger partial charge < -0.3 is 4.57 Å². The van der Waals surface area contributed by atoms with Crippen LogP contribution in [-0.4, -0.2) is 4.57 Å². The van der Waals surface area contributed by atoms with Crippen LogP contribution in [0, 0.1) is 11.3 Å². The maximum absolute atomic E-state index is 12.4. The average Bonchev–Trinajstić information content (AvgIpc) is 2.32. The molecule has 0 atom stereocenters. The number of hydrogen-bond donors (Lipinski definition) is 0. The molecule has 0 unspecified atom stereocenters. The van der Waals surface area contributed by atoms with Crippen LogP contribution in [0.3, 0.4) is 0 Å². The van der Waals surface area contributed by atoms with Crippen molar-refractivity contribution in [1.29, 1.82) is 5.26 Å². The SMILES string of the molecule is CCCCCn1c(C(C)(C)C)ccc(CC#N)c1=O. The highest BCUT2D eigenvalue weighted by Crippen LogP contribution is 2.21. The van der Waals surface area contributed by atoms with Crippen molar-refractivity contribution in [2.75, 3.05) is 0 Å². The van der Waals surface area contributed by atoms with Gasteiger partial charge in [-0.05, 0) is 12.5 Å².